The molecule has 20 heavy (non-hydrogen) atoms. The van der Waals surface area contributed by atoms with E-state index in [1.807, 2.05) is 0 Å². The first-order valence-corrected chi connectivity index (χ1v) is 6.65. The van der Waals surface area contributed by atoms with Crippen molar-refractivity contribution in [2.24, 2.45) is 0 Å². The minimum Gasteiger partial charge on any atom is -0.367 e. The molecule has 0 amide bonds. The van der Waals surface area contributed by atoms with Crippen LogP contribution in [0.2, 0.25) is 0 Å². The summed E-state index contributed by atoms with van der Waals surface area (Å²) in [5.74, 6) is -0.0723. The molecule has 1 aromatic carbocycles. The number of alkyl halides is 3. The molecule has 5 heteroatoms. The van der Waals surface area contributed by atoms with E-state index >= 15 is 0 Å². The van der Waals surface area contributed by atoms with Gasteiger partial charge in [0.1, 0.15) is 5.60 Å². The number of hydrogen-bond acceptors (Lipinski definition) is 2. The quantitative estimate of drug-likeness (QED) is 0.845. The summed E-state index contributed by atoms with van der Waals surface area (Å²) >= 11 is 0. The topological polar surface area (TPSA) is 26.3 Å². The maximum Gasteiger partial charge on any atom is 0.416 e. The number of benzene rings is 1. The number of rotatable bonds is 3. The van der Waals surface area contributed by atoms with Crippen molar-refractivity contribution in [2.75, 3.05) is 6.61 Å². The molecular weight excluding hydrogens is 269 g/mol. The molecule has 1 atom stereocenters. The summed E-state index contributed by atoms with van der Waals surface area (Å²) in [5.41, 5.74) is -0.909. The summed E-state index contributed by atoms with van der Waals surface area (Å²) < 4.78 is 42.9. The molecule has 1 heterocycles. The Morgan fingerprint density at radius 1 is 1.25 bits per heavy atom. The maximum absolute atomic E-state index is 12.4. The van der Waals surface area contributed by atoms with Crippen molar-refractivity contribution in [2.45, 2.75) is 44.4 Å². The highest BCUT2D eigenvalue weighted by Crippen LogP contribution is 2.30. The average molecular weight is 286 g/mol. The van der Waals surface area contributed by atoms with E-state index in [1.165, 1.54) is 12.1 Å². The average Bonchev–Trinajstić information content (AvgIpc) is 2.39. The van der Waals surface area contributed by atoms with Gasteiger partial charge < -0.3 is 4.74 Å². The van der Waals surface area contributed by atoms with Crippen molar-refractivity contribution >= 4 is 5.78 Å². The van der Waals surface area contributed by atoms with Gasteiger partial charge in [0, 0.05) is 13.0 Å². The number of hydrogen-bond donors (Lipinski definition) is 0. The van der Waals surface area contributed by atoms with Gasteiger partial charge in [-0.3, -0.25) is 4.79 Å². The molecule has 1 saturated heterocycles. The molecule has 2 nitrogen and oxygen atoms in total. The number of ether oxygens (including phenoxy) is 1. The third kappa shape index (κ3) is 3.39. The molecule has 1 unspecified atom stereocenters. The van der Waals surface area contributed by atoms with Crippen LogP contribution in [0.4, 0.5) is 13.2 Å². The second kappa shape index (κ2) is 5.56. The highest BCUT2D eigenvalue weighted by atomic mass is 19.4. The van der Waals surface area contributed by atoms with Gasteiger partial charge in [-0.1, -0.05) is 12.1 Å². The predicted octanol–water partition coefficient (Wildman–Crippen LogP) is 3.78. The smallest absolute Gasteiger partial charge is 0.367 e. The first-order chi connectivity index (χ1) is 9.31. The molecule has 1 aliphatic rings. The Hall–Kier alpha value is -1.36. The molecule has 2 rings (SSSR count). The Labute approximate surface area is 115 Å². The zero-order valence-corrected chi connectivity index (χ0v) is 11.3. The summed E-state index contributed by atoms with van der Waals surface area (Å²) in [6, 6.07) is 4.72. The standard InChI is InChI=1S/C15H17F3O2/c1-14(8-2-3-9-20-14)13(19)10-11-4-6-12(7-5-11)15(16,17)18/h4-7H,2-3,8-10H2,1H3. The van der Waals surface area contributed by atoms with E-state index in [9.17, 15) is 18.0 Å². The molecule has 0 N–H and O–H groups in total. The van der Waals surface area contributed by atoms with Gasteiger partial charge in [-0.05, 0) is 43.9 Å². The molecule has 1 aliphatic heterocycles. The fourth-order valence-electron chi connectivity index (χ4n) is 2.34. The van der Waals surface area contributed by atoms with E-state index in [4.69, 9.17) is 4.74 Å². The lowest BCUT2D eigenvalue weighted by atomic mass is 9.88. The highest BCUT2D eigenvalue weighted by Gasteiger charge is 2.35. The zero-order valence-electron chi connectivity index (χ0n) is 11.3. The largest absolute Gasteiger partial charge is 0.416 e. The van der Waals surface area contributed by atoms with Crippen molar-refractivity contribution in [3.63, 3.8) is 0 Å². The van der Waals surface area contributed by atoms with Crippen LogP contribution in [0.3, 0.4) is 0 Å². The van der Waals surface area contributed by atoms with Crippen molar-refractivity contribution in [3.05, 3.63) is 35.4 Å². The molecule has 0 aliphatic carbocycles. The summed E-state index contributed by atoms with van der Waals surface area (Å²) in [5, 5.41) is 0. The Bertz CT molecular complexity index is 471. The van der Waals surface area contributed by atoms with E-state index in [0.717, 1.165) is 25.0 Å². The molecule has 1 fully saturated rings. The van der Waals surface area contributed by atoms with E-state index in [1.54, 1.807) is 6.92 Å². The molecular formula is C15H17F3O2. The first-order valence-electron chi connectivity index (χ1n) is 6.65. The molecule has 0 spiro atoms. The zero-order chi connectivity index (χ0) is 14.8. The summed E-state index contributed by atoms with van der Waals surface area (Å²) in [7, 11) is 0. The van der Waals surface area contributed by atoms with Crippen LogP contribution in [-0.2, 0) is 22.1 Å². The third-order valence-corrected chi connectivity index (χ3v) is 3.70. The first kappa shape index (κ1) is 15.0. The lowest BCUT2D eigenvalue weighted by Gasteiger charge is -2.32. The van der Waals surface area contributed by atoms with Crippen LogP contribution in [0.25, 0.3) is 0 Å². The SMILES string of the molecule is CC1(C(=O)Cc2ccc(C(F)(F)F)cc2)CCCCO1. The Kier molecular flexibility index (Phi) is 4.18. The predicted molar refractivity (Wildman–Crippen MR) is 68.4 cm³/mol. The van der Waals surface area contributed by atoms with Crippen molar-refractivity contribution < 1.29 is 22.7 Å². The summed E-state index contributed by atoms with van der Waals surface area (Å²) in [6.45, 7) is 2.33. The molecule has 1 aromatic rings. The van der Waals surface area contributed by atoms with Crippen LogP contribution < -0.4 is 0 Å². The van der Waals surface area contributed by atoms with Gasteiger partial charge in [-0.15, -0.1) is 0 Å². The highest BCUT2D eigenvalue weighted by molar-refractivity contribution is 5.88. The number of halogens is 3. The molecule has 0 bridgehead atoms. The number of carbonyl (C=O) groups excluding carboxylic acids is 1. The molecule has 110 valence electrons. The Morgan fingerprint density at radius 2 is 1.90 bits per heavy atom. The third-order valence-electron chi connectivity index (χ3n) is 3.70. The van der Waals surface area contributed by atoms with E-state index in [0.29, 0.717) is 18.6 Å². The van der Waals surface area contributed by atoms with Crippen molar-refractivity contribution in [3.8, 4) is 0 Å². The normalized spacial score (nSPS) is 23.6. The monoisotopic (exact) mass is 286 g/mol. The van der Waals surface area contributed by atoms with Crippen LogP contribution >= 0.6 is 0 Å². The summed E-state index contributed by atoms with van der Waals surface area (Å²) in [6.07, 6.45) is -1.68. The van der Waals surface area contributed by atoms with Gasteiger partial charge in [0.15, 0.2) is 5.78 Å². The molecule has 0 aromatic heterocycles. The van der Waals surface area contributed by atoms with E-state index in [2.05, 4.69) is 0 Å². The number of carbonyl (C=O) groups is 1. The fourth-order valence-corrected chi connectivity index (χ4v) is 2.34. The van der Waals surface area contributed by atoms with Gasteiger partial charge >= 0.3 is 6.18 Å². The Balaban J connectivity index is 2.04. The van der Waals surface area contributed by atoms with Crippen LogP contribution in [0, 0.1) is 0 Å². The number of ketones is 1. The van der Waals surface area contributed by atoms with Gasteiger partial charge in [-0.2, -0.15) is 13.2 Å². The lowest BCUT2D eigenvalue weighted by molar-refractivity contribution is -0.147. The van der Waals surface area contributed by atoms with Crippen LogP contribution in [-0.4, -0.2) is 18.0 Å². The fraction of sp³-hybridized carbons (Fsp3) is 0.533. The Morgan fingerprint density at radius 3 is 2.40 bits per heavy atom. The van der Waals surface area contributed by atoms with Crippen molar-refractivity contribution in [1.29, 1.82) is 0 Å². The van der Waals surface area contributed by atoms with E-state index in [-0.39, 0.29) is 12.2 Å². The van der Waals surface area contributed by atoms with Crippen LogP contribution in [0.1, 0.15) is 37.3 Å². The lowest BCUT2D eigenvalue weighted by Crippen LogP contribution is -2.42. The minimum absolute atomic E-state index is 0.0723. The number of Topliss-reactive ketones (excluding diaryl/α,β-unsaturated/α-hetero) is 1. The maximum atomic E-state index is 12.4. The minimum atomic E-state index is -4.35. The van der Waals surface area contributed by atoms with Crippen LogP contribution in [0.15, 0.2) is 24.3 Å². The van der Waals surface area contributed by atoms with Gasteiger partial charge in [0.2, 0.25) is 0 Å². The van der Waals surface area contributed by atoms with Gasteiger partial charge in [0.05, 0.1) is 5.56 Å². The van der Waals surface area contributed by atoms with Crippen molar-refractivity contribution in [1.82, 2.24) is 0 Å². The molecule has 0 saturated carbocycles. The van der Waals surface area contributed by atoms with Gasteiger partial charge in [0.25, 0.3) is 0 Å². The van der Waals surface area contributed by atoms with E-state index < -0.39 is 17.3 Å². The summed E-state index contributed by atoms with van der Waals surface area (Å²) in [4.78, 5) is 12.2. The second-order valence-electron chi connectivity index (χ2n) is 5.33. The van der Waals surface area contributed by atoms with Crippen LogP contribution in [0.5, 0.6) is 0 Å². The molecule has 0 radical (unpaired) electrons. The second-order valence-corrected chi connectivity index (χ2v) is 5.33. The van der Waals surface area contributed by atoms with Gasteiger partial charge in [-0.25, -0.2) is 0 Å².